The second-order valence-electron chi connectivity index (χ2n) is 6.50. The first kappa shape index (κ1) is 16.6. The Kier molecular flexibility index (Phi) is 4.94. The monoisotopic (exact) mass is 302 g/mol. The van der Waals surface area contributed by atoms with Crippen LogP contribution in [0.25, 0.3) is 0 Å². The van der Waals surface area contributed by atoms with Crippen LogP contribution in [-0.2, 0) is 9.53 Å². The molecule has 0 aliphatic carbocycles. The molecule has 0 saturated heterocycles. The Morgan fingerprint density at radius 1 is 1.36 bits per heavy atom. The van der Waals surface area contributed by atoms with Crippen LogP contribution in [0.15, 0.2) is 35.6 Å². The third-order valence-corrected chi connectivity index (χ3v) is 4.39. The Hall–Kier alpha value is -1.77. The summed E-state index contributed by atoms with van der Waals surface area (Å²) in [5.41, 5.74) is 2.06. The van der Waals surface area contributed by atoms with Crippen molar-refractivity contribution in [3.63, 3.8) is 0 Å². The van der Waals surface area contributed by atoms with E-state index in [1.807, 2.05) is 39.0 Å². The Morgan fingerprint density at radius 2 is 2.09 bits per heavy atom. The van der Waals surface area contributed by atoms with Crippen molar-refractivity contribution in [1.29, 1.82) is 0 Å². The van der Waals surface area contributed by atoms with E-state index in [1.165, 1.54) is 0 Å². The summed E-state index contributed by atoms with van der Waals surface area (Å²) in [6.07, 6.45) is 2.84. The summed E-state index contributed by atoms with van der Waals surface area (Å²) >= 11 is 0. The minimum atomic E-state index is -0.579. The van der Waals surface area contributed by atoms with Crippen molar-refractivity contribution in [2.24, 2.45) is 0 Å². The maximum absolute atomic E-state index is 12.5. The van der Waals surface area contributed by atoms with E-state index in [4.69, 9.17) is 4.74 Å². The molecule has 3 nitrogen and oxygen atoms in total. The number of ether oxygens (including phenoxy) is 1. The zero-order chi connectivity index (χ0) is 16.3. The van der Waals surface area contributed by atoms with Crippen molar-refractivity contribution in [2.45, 2.75) is 64.9 Å². The summed E-state index contributed by atoms with van der Waals surface area (Å²) in [5, 5.41) is 10.5. The molecule has 1 unspecified atom stereocenters. The number of carbonyl (C=O) groups is 1. The topological polar surface area (TPSA) is 46.5 Å². The number of rotatable bonds is 5. The van der Waals surface area contributed by atoms with Gasteiger partial charge < -0.3 is 9.84 Å². The normalized spacial score (nSPS) is 23.4. The molecule has 1 aliphatic rings. The predicted molar refractivity (Wildman–Crippen MR) is 87.9 cm³/mol. The lowest BCUT2D eigenvalue weighted by atomic mass is 9.82. The fraction of sp³-hybridized carbons (Fsp3) is 0.526. The number of hydrogen-bond acceptors (Lipinski definition) is 3. The zero-order valence-corrected chi connectivity index (χ0v) is 14.0. The standard InChI is InChI=1S/C19H26O3/c1-5-10-19(4)12-16(20)17(18(21)22-19)15(6-2)14-9-7-8-13(3)11-14/h7-9,11,15,20H,5-6,10,12H2,1-4H3/t15-,19?/m0/s1. The van der Waals surface area contributed by atoms with Crippen molar-refractivity contribution in [3.05, 3.63) is 46.7 Å². The summed E-state index contributed by atoms with van der Waals surface area (Å²) in [4.78, 5) is 12.5. The maximum Gasteiger partial charge on any atom is 0.338 e. The first-order chi connectivity index (χ1) is 10.4. The van der Waals surface area contributed by atoms with Crippen LogP contribution < -0.4 is 0 Å². The molecular weight excluding hydrogens is 276 g/mol. The first-order valence-electron chi connectivity index (χ1n) is 8.12. The van der Waals surface area contributed by atoms with Crippen LogP contribution in [0.3, 0.4) is 0 Å². The molecule has 1 aromatic rings. The predicted octanol–water partition coefficient (Wildman–Crippen LogP) is 4.81. The molecule has 1 aliphatic heterocycles. The molecule has 2 atom stereocenters. The summed E-state index contributed by atoms with van der Waals surface area (Å²) in [5.74, 6) is -0.285. The molecule has 3 heteroatoms. The second kappa shape index (κ2) is 6.55. The van der Waals surface area contributed by atoms with Gasteiger partial charge in [-0.3, -0.25) is 0 Å². The Labute approximate surface area is 133 Å². The molecule has 22 heavy (non-hydrogen) atoms. The number of benzene rings is 1. The van der Waals surface area contributed by atoms with Crippen molar-refractivity contribution in [2.75, 3.05) is 0 Å². The van der Waals surface area contributed by atoms with E-state index in [9.17, 15) is 9.90 Å². The van der Waals surface area contributed by atoms with Gasteiger partial charge in [-0.2, -0.15) is 0 Å². The maximum atomic E-state index is 12.5. The lowest BCUT2D eigenvalue weighted by Gasteiger charge is -2.35. The Balaban J connectivity index is 2.38. The highest BCUT2D eigenvalue weighted by Crippen LogP contribution is 2.39. The number of aliphatic hydroxyl groups excluding tert-OH is 1. The lowest BCUT2D eigenvalue weighted by Crippen LogP contribution is -2.38. The zero-order valence-electron chi connectivity index (χ0n) is 14.0. The smallest absolute Gasteiger partial charge is 0.338 e. The first-order valence-corrected chi connectivity index (χ1v) is 8.12. The average molecular weight is 302 g/mol. The summed E-state index contributed by atoms with van der Waals surface area (Å²) in [7, 11) is 0. The van der Waals surface area contributed by atoms with Gasteiger partial charge in [0.1, 0.15) is 11.4 Å². The third kappa shape index (κ3) is 3.34. The number of esters is 1. The number of aliphatic hydroxyl groups is 1. The van der Waals surface area contributed by atoms with Gasteiger partial charge in [-0.05, 0) is 32.3 Å². The molecule has 120 valence electrons. The lowest BCUT2D eigenvalue weighted by molar-refractivity contribution is -0.158. The minimum Gasteiger partial charge on any atom is -0.512 e. The molecule has 0 aromatic heterocycles. The number of cyclic esters (lactones) is 1. The van der Waals surface area contributed by atoms with Gasteiger partial charge in [-0.25, -0.2) is 4.79 Å². The highest BCUT2D eigenvalue weighted by molar-refractivity contribution is 5.92. The largest absolute Gasteiger partial charge is 0.512 e. The molecule has 0 saturated carbocycles. The van der Waals surface area contributed by atoms with Gasteiger partial charge in [0.05, 0.1) is 5.57 Å². The van der Waals surface area contributed by atoms with Crippen molar-refractivity contribution in [1.82, 2.24) is 0 Å². The molecule has 0 bridgehead atoms. The van der Waals surface area contributed by atoms with E-state index in [1.54, 1.807) is 0 Å². The van der Waals surface area contributed by atoms with Crippen LogP contribution in [0.2, 0.25) is 0 Å². The summed E-state index contributed by atoms with van der Waals surface area (Å²) in [6.45, 7) is 8.01. The molecule has 1 N–H and O–H groups in total. The van der Waals surface area contributed by atoms with E-state index in [2.05, 4.69) is 13.0 Å². The SMILES string of the molecule is CCCC1(C)CC(O)=C([C@@H](CC)c2cccc(C)c2)C(=O)O1. The van der Waals surface area contributed by atoms with E-state index < -0.39 is 5.60 Å². The molecule has 0 amide bonds. The van der Waals surface area contributed by atoms with E-state index >= 15 is 0 Å². The highest BCUT2D eigenvalue weighted by atomic mass is 16.6. The van der Waals surface area contributed by atoms with Gasteiger partial charge in [0.25, 0.3) is 0 Å². The molecule has 0 spiro atoms. The Morgan fingerprint density at radius 3 is 2.64 bits per heavy atom. The fourth-order valence-corrected chi connectivity index (χ4v) is 3.39. The van der Waals surface area contributed by atoms with E-state index in [0.29, 0.717) is 12.0 Å². The highest BCUT2D eigenvalue weighted by Gasteiger charge is 2.40. The van der Waals surface area contributed by atoms with Gasteiger partial charge in [0.2, 0.25) is 0 Å². The molecule has 2 rings (SSSR count). The molecule has 1 aromatic carbocycles. The Bertz CT molecular complexity index is 588. The van der Waals surface area contributed by atoms with E-state index in [-0.39, 0.29) is 17.6 Å². The van der Waals surface area contributed by atoms with Gasteiger partial charge in [-0.15, -0.1) is 0 Å². The minimum absolute atomic E-state index is 0.112. The number of aryl methyl sites for hydroxylation is 1. The van der Waals surface area contributed by atoms with Crippen molar-refractivity contribution < 1.29 is 14.6 Å². The summed E-state index contributed by atoms with van der Waals surface area (Å²) in [6, 6.07) is 8.10. The number of carbonyl (C=O) groups excluding carboxylic acids is 1. The van der Waals surface area contributed by atoms with Crippen LogP contribution in [0.1, 0.15) is 63.5 Å². The van der Waals surface area contributed by atoms with Crippen LogP contribution in [0.5, 0.6) is 0 Å². The third-order valence-electron chi connectivity index (χ3n) is 4.39. The van der Waals surface area contributed by atoms with Crippen LogP contribution in [0.4, 0.5) is 0 Å². The van der Waals surface area contributed by atoms with Crippen molar-refractivity contribution >= 4 is 5.97 Å². The van der Waals surface area contributed by atoms with E-state index in [0.717, 1.165) is 30.4 Å². The van der Waals surface area contributed by atoms with Crippen LogP contribution in [-0.4, -0.2) is 16.7 Å². The van der Waals surface area contributed by atoms with Crippen LogP contribution >= 0.6 is 0 Å². The molecular formula is C19H26O3. The fourth-order valence-electron chi connectivity index (χ4n) is 3.39. The van der Waals surface area contributed by atoms with Gasteiger partial charge in [0.15, 0.2) is 0 Å². The molecule has 1 heterocycles. The van der Waals surface area contributed by atoms with Gasteiger partial charge >= 0.3 is 5.97 Å². The number of hydrogen-bond donors (Lipinski definition) is 1. The van der Waals surface area contributed by atoms with Gasteiger partial charge in [0, 0.05) is 12.3 Å². The quantitative estimate of drug-likeness (QED) is 0.794. The van der Waals surface area contributed by atoms with Gasteiger partial charge in [-0.1, -0.05) is 50.1 Å². The van der Waals surface area contributed by atoms with Crippen LogP contribution in [0, 0.1) is 6.92 Å². The molecule has 0 fully saturated rings. The van der Waals surface area contributed by atoms with Crippen molar-refractivity contribution in [3.8, 4) is 0 Å². The average Bonchev–Trinajstić information content (AvgIpc) is 2.42. The molecule has 0 radical (unpaired) electrons. The summed E-state index contributed by atoms with van der Waals surface area (Å²) < 4.78 is 5.67. The second-order valence-corrected chi connectivity index (χ2v) is 6.50.